The standard InChI is InChI=1S/C20H37BrN4O3Si/c1-14(2)10-12-24-15-16(26)22-19(27)23(6)17(15)25(18(24)21)11-9-13-28-29(7,8)20(3,4)5/h14,18H,9-13H2,1-8H3,(H,22,26,27). The van der Waals surface area contributed by atoms with Crippen molar-refractivity contribution in [2.24, 2.45) is 13.0 Å². The Morgan fingerprint density at radius 1 is 1.17 bits per heavy atom. The summed E-state index contributed by atoms with van der Waals surface area (Å²) in [5.74, 6) is 1.20. The molecule has 2 rings (SSSR count). The highest BCUT2D eigenvalue weighted by Crippen LogP contribution is 2.39. The Balaban J connectivity index is 2.21. The topological polar surface area (TPSA) is 70.6 Å². The Kier molecular flexibility index (Phi) is 7.49. The molecule has 0 radical (unpaired) electrons. The van der Waals surface area contributed by atoms with Gasteiger partial charge in [-0.1, -0.05) is 34.6 Å². The third kappa shape index (κ3) is 5.17. The van der Waals surface area contributed by atoms with E-state index in [1.54, 1.807) is 7.05 Å². The van der Waals surface area contributed by atoms with Gasteiger partial charge in [0.15, 0.2) is 13.4 Å². The van der Waals surface area contributed by atoms with Crippen LogP contribution in [0.25, 0.3) is 0 Å². The van der Waals surface area contributed by atoms with Crippen LogP contribution < -0.4 is 21.0 Å². The van der Waals surface area contributed by atoms with Crippen molar-refractivity contribution in [3.63, 3.8) is 0 Å². The molecule has 0 spiro atoms. The van der Waals surface area contributed by atoms with Gasteiger partial charge in [-0.2, -0.15) is 0 Å². The average molecular weight is 490 g/mol. The molecule has 7 nitrogen and oxygen atoms in total. The molecule has 166 valence electrons. The van der Waals surface area contributed by atoms with Gasteiger partial charge in [0.05, 0.1) is 0 Å². The average Bonchev–Trinajstić information content (AvgIpc) is 2.86. The zero-order valence-electron chi connectivity index (χ0n) is 19.1. The van der Waals surface area contributed by atoms with Crippen molar-refractivity contribution in [2.45, 2.75) is 70.7 Å². The van der Waals surface area contributed by atoms with Crippen LogP contribution in [0.4, 0.5) is 11.5 Å². The SMILES string of the molecule is CC(C)CCN1c2c(n(C)c(=O)[nH]c2=O)N(CCCO[Si](C)(C)C(C)(C)C)C1Br. The fraction of sp³-hybridized carbons (Fsp3) is 0.800. The van der Waals surface area contributed by atoms with Crippen LogP contribution in [0.5, 0.6) is 0 Å². The van der Waals surface area contributed by atoms with Crippen molar-refractivity contribution in [1.29, 1.82) is 0 Å². The van der Waals surface area contributed by atoms with E-state index in [0.29, 0.717) is 30.6 Å². The van der Waals surface area contributed by atoms with E-state index in [-0.39, 0.29) is 21.4 Å². The van der Waals surface area contributed by atoms with Crippen molar-refractivity contribution in [3.05, 3.63) is 20.8 Å². The molecular weight excluding hydrogens is 452 g/mol. The van der Waals surface area contributed by atoms with Crippen LogP contribution in [-0.4, -0.2) is 42.6 Å². The van der Waals surface area contributed by atoms with E-state index < -0.39 is 8.32 Å². The lowest BCUT2D eigenvalue weighted by Gasteiger charge is -2.36. The number of hydrogen-bond acceptors (Lipinski definition) is 5. The number of hydrogen-bond donors (Lipinski definition) is 1. The number of anilines is 2. The summed E-state index contributed by atoms with van der Waals surface area (Å²) < 4.78 is 7.84. The van der Waals surface area contributed by atoms with Crippen molar-refractivity contribution in [3.8, 4) is 0 Å². The van der Waals surface area contributed by atoms with E-state index >= 15 is 0 Å². The molecule has 0 aliphatic carbocycles. The second-order valence-corrected chi connectivity index (χ2v) is 15.5. The Morgan fingerprint density at radius 2 is 1.79 bits per heavy atom. The van der Waals surface area contributed by atoms with Crippen LogP contribution >= 0.6 is 15.9 Å². The molecule has 0 aromatic carbocycles. The monoisotopic (exact) mass is 488 g/mol. The van der Waals surface area contributed by atoms with Crippen molar-refractivity contribution < 1.29 is 4.43 Å². The quantitative estimate of drug-likeness (QED) is 0.260. The molecule has 29 heavy (non-hydrogen) atoms. The summed E-state index contributed by atoms with van der Waals surface area (Å²) in [4.78, 5) is 31.5. The van der Waals surface area contributed by atoms with E-state index in [2.05, 4.69) is 78.4 Å². The number of aromatic nitrogens is 2. The van der Waals surface area contributed by atoms with Crippen LogP contribution in [0.2, 0.25) is 18.1 Å². The highest BCUT2D eigenvalue weighted by Gasteiger charge is 2.39. The zero-order valence-corrected chi connectivity index (χ0v) is 21.7. The van der Waals surface area contributed by atoms with Crippen LogP contribution in [0.15, 0.2) is 9.59 Å². The van der Waals surface area contributed by atoms with Crippen LogP contribution in [0.3, 0.4) is 0 Å². The van der Waals surface area contributed by atoms with Gasteiger partial charge >= 0.3 is 5.69 Å². The number of fused-ring (bicyclic) bond motifs is 1. The lowest BCUT2D eigenvalue weighted by Crippen LogP contribution is -2.43. The summed E-state index contributed by atoms with van der Waals surface area (Å²) >= 11 is 3.77. The number of nitrogens with one attached hydrogen (secondary N) is 1. The first-order valence-corrected chi connectivity index (χ1v) is 14.2. The Morgan fingerprint density at radius 3 is 2.34 bits per heavy atom. The maximum Gasteiger partial charge on any atom is 0.329 e. The van der Waals surface area contributed by atoms with Crippen LogP contribution in [0, 0.1) is 5.92 Å². The van der Waals surface area contributed by atoms with Gasteiger partial charge in [0.1, 0.15) is 11.5 Å². The van der Waals surface area contributed by atoms with E-state index in [1.807, 2.05) is 0 Å². The molecule has 0 saturated carbocycles. The second kappa shape index (κ2) is 8.97. The first-order valence-electron chi connectivity index (χ1n) is 10.4. The van der Waals surface area contributed by atoms with E-state index in [9.17, 15) is 9.59 Å². The Bertz CT molecular complexity index is 828. The van der Waals surface area contributed by atoms with Crippen molar-refractivity contribution in [1.82, 2.24) is 9.55 Å². The van der Waals surface area contributed by atoms with Crippen LogP contribution in [-0.2, 0) is 11.5 Å². The largest absolute Gasteiger partial charge is 0.417 e. The third-order valence-corrected chi connectivity index (χ3v) is 11.6. The van der Waals surface area contributed by atoms with Gasteiger partial charge in [0.25, 0.3) is 5.56 Å². The van der Waals surface area contributed by atoms with Gasteiger partial charge in [-0.3, -0.25) is 14.3 Å². The fourth-order valence-electron chi connectivity index (χ4n) is 3.17. The lowest BCUT2D eigenvalue weighted by atomic mass is 10.1. The van der Waals surface area contributed by atoms with Gasteiger partial charge < -0.3 is 14.2 Å². The number of nitrogens with zero attached hydrogens (tertiary/aromatic N) is 3. The summed E-state index contributed by atoms with van der Waals surface area (Å²) in [6, 6.07) is 0. The summed E-state index contributed by atoms with van der Waals surface area (Å²) in [5, 5.41) is 0.0222. The highest BCUT2D eigenvalue weighted by atomic mass is 79.9. The molecule has 1 aliphatic heterocycles. The number of halogens is 1. The lowest BCUT2D eigenvalue weighted by molar-refractivity contribution is 0.283. The Hall–Kier alpha value is -1.06. The second-order valence-electron chi connectivity index (χ2n) is 9.83. The molecule has 0 saturated heterocycles. The zero-order chi connectivity index (χ0) is 22.1. The van der Waals surface area contributed by atoms with Gasteiger partial charge in [0.2, 0.25) is 0 Å². The normalized spacial score (nSPS) is 17.4. The maximum atomic E-state index is 12.6. The fourth-order valence-corrected chi connectivity index (χ4v) is 5.06. The van der Waals surface area contributed by atoms with Crippen LogP contribution in [0.1, 0.15) is 47.5 Å². The molecular formula is C20H37BrN4O3Si. The molecule has 0 fully saturated rings. The predicted molar refractivity (Wildman–Crippen MR) is 127 cm³/mol. The molecule has 1 aromatic rings. The molecule has 1 unspecified atom stereocenters. The van der Waals surface area contributed by atoms with E-state index in [1.165, 1.54) is 4.57 Å². The summed E-state index contributed by atoms with van der Waals surface area (Å²) in [5.41, 5.74) is -0.141. The van der Waals surface area contributed by atoms with Crippen molar-refractivity contribution >= 4 is 35.8 Å². The molecule has 2 heterocycles. The predicted octanol–water partition coefficient (Wildman–Crippen LogP) is 3.84. The minimum atomic E-state index is -1.79. The molecule has 1 N–H and O–H groups in total. The molecule has 1 atom stereocenters. The first-order chi connectivity index (χ1) is 13.3. The number of H-pyrrole nitrogens is 1. The minimum absolute atomic E-state index is 0.154. The van der Waals surface area contributed by atoms with Gasteiger partial charge in [-0.05, 0) is 52.8 Å². The van der Waals surface area contributed by atoms with E-state index in [4.69, 9.17) is 4.43 Å². The van der Waals surface area contributed by atoms with E-state index in [0.717, 1.165) is 19.4 Å². The number of rotatable bonds is 8. The molecule has 1 aliphatic rings. The summed E-state index contributed by atoms with van der Waals surface area (Å²) in [6.07, 6.45) is 1.79. The smallest absolute Gasteiger partial charge is 0.329 e. The molecule has 9 heteroatoms. The highest BCUT2D eigenvalue weighted by molar-refractivity contribution is 9.09. The van der Waals surface area contributed by atoms with Gasteiger partial charge in [-0.25, -0.2) is 4.79 Å². The Labute approximate surface area is 183 Å². The third-order valence-electron chi connectivity index (χ3n) is 6.10. The number of aromatic amines is 1. The van der Waals surface area contributed by atoms with Gasteiger partial charge in [-0.15, -0.1) is 0 Å². The molecule has 0 amide bonds. The summed E-state index contributed by atoms with van der Waals surface area (Å²) in [7, 11) is -0.0786. The summed E-state index contributed by atoms with van der Waals surface area (Å²) in [6.45, 7) is 17.7. The number of alkyl halides is 1. The molecule has 1 aromatic heterocycles. The molecule has 0 bridgehead atoms. The van der Waals surface area contributed by atoms with Gasteiger partial charge in [0, 0.05) is 26.7 Å². The maximum absolute atomic E-state index is 12.6. The minimum Gasteiger partial charge on any atom is -0.417 e. The van der Waals surface area contributed by atoms with Crippen molar-refractivity contribution in [2.75, 3.05) is 29.5 Å². The first kappa shape index (κ1) is 24.2.